The van der Waals surface area contributed by atoms with Crippen molar-refractivity contribution in [3.8, 4) is 45.7 Å². The van der Waals surface area contributed by atoms with Crippen LogP contribution in [0, 0.1) is 13.8 Å². The number of H-pyrrole nitrogens is 5. The highest BCUT2D eigenvalue weighted by molar-refractivity contribution is 7.98. The number of aromatic amines is 5. The molecule has 0 atom stereocenters. The molecule has 1 fully saturated rings. The Kier molecular flexibility index (Phi) is 26.6. The van der Waals surface area contributed by atoms with Gasteiger partial charge in [-0.1, -0.05) is 172 Å². The van der Waals surface area contributed by atoms with Crippen molar-refractivity contribution in [1.82, 2.24) is 97.9 Å². The average molecular weight is 1730 g/mol. The second kappa shape index (κ2) is 39.0. The molecule has 19 rings (SSSR count). The Morgan fingerprint density at radius 2 is 0.936 bits per heavy atom. The van der Waals surface area contributed by atoms with E-state index in [2.05, 4.69) is 124 Å². The van der Waals surface area contributed by atoms with Gasteiger partial charge in [-0.3, -0.25) is 49.5 Å². The Bertz CT molecular complexity index is 7240. The number of anilines is 2. The number of fused-ring (bicyclic) bond motifs is 5. The van der Waals surface area contributed by atoms with E-state index in [-0.39, 0.29) is 56.0 Å². The second-order valence-electron chi connectivity index (χ2n) is 29.0. The number of nitrogens with one attached hydrogen (secondary N) is 7. The Labute approximate surface area is 724 Å². The summed E-state index contributed by atoms with van der Waals surface area (Å²) in [6.45, 7) is 14.0. The molecule has 8 aromatic carbocycles. The lowest BCUT2D eigenvalue weighted by molar-refractivity contribution is 0.301. The summed E-state index contributed by atoms with van der Waals surface area (Å²) in [4.78, 5) is 106. The molecular formula is C91H87ClN22O9S2. The highest BCUT2D eigenvalue weighted by Gasteiger charge is 2.28. The third-order valence-corrected chi connectivity index (χ3v) is 23.4. The molecule has 634 valence electrons. The molecule has 0 bridgehead atoms. The van der Waals surface area contributed by atoms with E-state index in [1.807, 2.05) is 185 Å². The zero-order valence-corrected chi connectivity index (χ0v) is 71.3. The number of rotatable bonds is 24. The molecule has 0 aliphatic heterocycles. The van der Waals surface area contributed by atoms with Crippen LogP contribution < -0.4 is 47.9 Å². The molecule has 34 heteroatoms. The predicted molar refractivity (Wildman–Crippen MR) is 482 cm³/mol. The molecule has 0 saturated heterocycles. The van der Waals surface area contributed by atoms with Gasteiger partial charge in [-0.05, 0) is 147 Å². The van der Waals surface area contributed by atoms with Crippen molar-refractivity contribution in [2.45, 2.75) is 121 Å². The first-order chi connectivity index (χ1) is 60.7. The van der Waals surface area contributed by atoms with Gasteiger partial charge in [-0.15, -0.1) is 11.8 Å². The number of halogens is 1. The van der Waals surface area contributed by atoms with Crippen molar-refractivity contribution in [2.24, 2.45) is 0 Å². The van der Waals surface area contributed by atoms with E-state index in [4.69, 9.17) is 21.1 Å². The summed E-state index contributed by atoms with van der Waals surface area (Å²) in [5.74, 6) is 6.50. The van der Waals surface area contributed by atoms with Crippen LogP contribution in [0.25, 0.3) is 63.1 Å². The average Bonchev–Trinajstić information content (AvgIpc) is 1.53. The van der Waals surface area contributed by atoms with Crippen LogP contribution in [-0.2, 0) is 60.3 Å². The molecule has 125 heavy (non-hydrogen) atoms. The number of aryl methyl sites for hydroxylation is 4. The van der Waals surface area contributed by atoms with E-state index < -0.39 is 15.4 Å². The van der Waals surface area contributed by atoms with E-state index in [1.54, 1.807) is 42.1 Å². The Morgan fingerprint density at radius 1 is 0.464 bits per heavy atom. The molecule has 0 radical (unpaired) electrons. The summed E-state index contributed by atoms with van der Waals surface area (Å²) in [5.41, 5.74) is 11.9. The van der Waals surface area contributed by atoms with Gasteiger partial charge in [0.15, 0.2) is 27.3 Å². The number of hydrogen-bond donors (Lipinski definition) is 7. The fraction of sp³-hybridized carbons (Fsp3) is 0.198. The monoisotopic (exact) mass is 1730 g/mol. The van der Waals surface area contributed by atoms with Gasteiger partial charge < -0.3 is 20.1 Å². The first kappa shape index (κ1) is 85.3. The van der Waals surface area contributed by atoms with Crippen molar-refractivity contribution in [3.63, 3.8) is 0 Å². The summed E-state index contributed by atoms with van der Waals surface area (Å²) in [6, 6.07) is 71.3. The number of aromatic nitrogens is 20. The lowest BCUT2D eigenvalue weighted by atomic mass is 10.1. The van der Waals surface area contributed by atoms with E-state index >= 15 is 0 Å². The summed E-state index contributed by atoms with van der Waals surface area (Å²) in [7, 11) is -3.62. The van der Waals surface area contributed by atoms with Crippen LogP contribution in [0.5, 0.6) is 11.5 Å². The molecule has 18 aromatic rings. The predicted octanol–water partition coefficient (Wildman–Crippen LogP) is 14.4. The van der Waals surface area contributed by atoms with Gasteiger partial charge in [-0.2, -0.15) is 42.5 Å². The third-order valence-electron chi connectivity index (χ3n) is 20.3. The van der Waals surface area contributed by atoms with Crippen LogP contribution in [-0.4, -0.2) is 113 Å². The molecule has 7 N–H and O–H groups in total. The molecule has 10 heterocycles. The minimum atomic E-state index is -3.62. The highest BCUT2D eigenvalue weighted by Crippen LogP contribution is 2.38. The smallest absolute Gasteiger partial charge is 0.293 e. The standard InChI is InChI=1S/C20H19N5O2.C20H18N4O3S.C20H18N4OS.C17H18N4O2.C14H14ClN5O/c1-2-27-17-10-8-15(9-11-17)21-13-16-12-18(26)25-20(22-16)23-19(24-25)14-6-4-3-5-7-14;1-2-14-8-10-17(11-9-14)28(26,27)13-16-12-18(25)24-20(21-16)22-19(23-24)15-6-4-3-5-7-15;1-2-14-8-10-17(11-9-14)26-13-16-12-18(25)24-20(21-16)22-19(23-24)15-6-4-3-5-7-15;1-2-11-3-7-14(8-4-11)23-10-13-9-15(22)21-17(18-13)19-16(20-21)12-5-6-12;1-8-4-3-5-10(9(8)2)16-6-11-12(15)13(21)20-14(19-11)17-7-18-20/h3-12,21H,2,13H2,1H3,(H,22,23,24);3-12H,2,13H2,1H3,(H,21,22,23);3-12H,2,13H2,1H3,(H,21,22,23);3-4,7-9,12H,2,5-6,10H2,1H3,(H,18,19,20);3-5,7,16H,6H2,1-2H3,(H,17,18,19). The van der Waals surface area contributed by atoms with Crippen LogP contribution in [0.1, 0.15) is 109 Å². The second-order valence-corrected chi connectivity index (χ2v) is 32.4. The molecule has 1 saturated carbocycles. The zero-order valence-electron chi connectivity index (χ0n) is 68.9. The van der Waals surface area contributed by atoms with Crippen molar-refractivity contribution < 1.29 is 17.9 Å². The summed E-state index contributed by atoms with van der Waals surface area (Å²) in [5, 5.41) is 21.2. The van der Waals surface area contributed by atoms with E-state index in [9.17, 15) is 32.4 Å². The quantitative estimate of drug-likeness (QED) is 0.0276. The first-order valence-electron chi connectivity index (χ1n) is 40.5. The van der Waals surface area contributed by atoms with Crippen LogP contribution in [0.3, 0.4) is 0 Å². The Hall–Kier alpha value is -14.7. The van der Waals surface area contributed by atoms with Gasteiger partial charge in [-0.25, -0.2) is 38.3 Å². The van der Waals surface area contributed by atoms with Crippen LogP contribution in [0.2, 0.25) is 5.02 Å². The van der Waals surface area contributed by atoms with E-state index in [1.165, 1.54) is 63.8 Å². The fourth-order valence-corrected chi connectivity index (χ4v) is 15.3. The first-order valence-corrected chi connectivity index (χ1v) is 43.5. The van der Waals surface area contributed by atoms with E-state index in [0.717, 1.165) is 99.2 Å². The maximum absolute atomic E-state index is 12.7. The number of hydrogen-bond acceptors (Lipinski definition) is 22. The number of thioether (sulfide) groups is 1. The van der Waals surface area contributed by atoms with Gasteiger partial charge in [0, 0.05) is 68.9 Å². The van der Waals surface area contributed by atoms with Gasteiger partial charge >= 0.3 is 0 Å². The van der Waals surface area contributed by atoms with Crippen molar-refractivity contribution >= 4 is 73.5 Å². The number of sulfone groups is 1. The zero-order chi connectivity index (χ0) is 87.1. The summed E-state index contributed by atoms with van der Waals surface area (Å²) >= 11 is 7.75. The largest absolute Gasteiger partial charge is 0.494 e. The van der Waals surface area contributed by atoms with Crippen molar-refractivity contribution in [2.75, 3.05) is 17.2 Å². The molecule has 1 aliphatic carbocycles. The molecule has 0 amide bonds. The molecule has 0 spiro atoms. The highest BCUT2D eigenvalue weighted by atomic mass is 35.5. The maximum atomic E-state index is 12.7. The molecule has 1 aliphatic rings. The summed E-state index contributed by atoms with van der Waals surface area (Å²) in [6.07, 6.45) is 6.51. The van der Waals surface area contributed by atoms with E-state index in [0.29, 0.717) is 89.0 Å². The summed E-state index contributed by atoms with van der Waals surface area (Å²) < 4.78 is 43.1. The normalized spacial score (nSPS) is 11.8. The van der Waals surface area contributed by atoms with Gasteiger partial charge in [0.2, 0.25) is 0 Å². The number of ether oxygens (including phenoxy) is 2. The fourth-order valence-electron chi connectivity index (χ4n) is 13.1. The van der Waals surface area contributed by atoms with Crippen molar-refractivity contribution in [3.05, 3.63) is 356 Å². The molecule has 31 nitrogen and oxygen atoms in total. The number of nitrogens with zero attached hydrogens (tertiary/aromatic N) is 15. The van der Waals surface area contributed by atoms with Gasteiger partial charge in [0.05, 0.1) is 58.8 Å². The van der Waals surface area contributed by atoms with Gasteiger partial charge in [0.25, 0.3) is 56.7 Å². The molecular weight excluding hydrogens is 1640 g/mol. The topological polar surface area (TPSA) is 392 Å². The molecule has 10 aromatic heterocycles. The SMILES string of the molecule is CCOc1ccc(NCc2cc(=O)n3[nH]c(-c4ccccc4)nc3n2)cc1.CCc1ccc(OCc2cc(=O)n3[nH]c(C4CC4)nc3n2)cc1.CCc1ccc(S(=O)(=O)Cc2cc(=O)n3[nH]c(-c4ccccc4)nc3n2)cc1.CCc1ccc(SCc2cc(=O)n3[nH]c(-c4ccccc4)nc3n2)cc1.Cc1cccc(NCc2nc3nc[nH]n3c(=O)c2Cl)c1C. The van der Waals surface area contributed by atoms with Crippen LogP contribution in [0.4, 0.5) is 11.4 Å². The minimum absolute atomic E-state index is 0.0922. The van der Waals surface area contributed by atoms with Gasteiger partial charge in [0.1, 0.15) is 35.3 Å². The lowest BCUT2D eigenvalue weighted by Crippen LogP contribution is -2.19. The molecule has 0 unspecified atom stereocenters. The van der Waals surface area contributed by atoms with Crippen LogP contribution in [0.15, 0.2) is 271 Å². The Balaban J connectivity index is 0.000000121. The van der Waals surface area contributed by atoms with Crippen molar-refractivity contribution in [1.29, 1.82) is 0 Å². The Morgan fingerprint density at radius 3 is 1.48 bits per heavy atom. The third kappa shape index (κ3) is 21.1. The lowest BCUT2D eigenvalue weighted by Gasteiger charge is -2.11. The minimum Gasteiger partial charge on any atom is -0.494 e. The maximum Gasteiger partial charge on any atom is 0.293 e. The number of benzene rings is 8. The van der Waals surface area contributed by atoms with Crippen LogP contribution >= 0.6 is 23.4 Å².